The third-order valence-corrected chi connectivity index (χ3v) is 3.34. The molecule has 0 spiro atoms. The van der Waals surface area contributed by atoms with E-state index in [4.69, 9.17) is 25.5 Å². The van der Waals surface area contributed by atoms with Crippen LogP contribution in [0.15, 0.2) is 0 Å². The first-order valence-electron chi connectivity index (χ1n) is 7.74. The largest absolute Gasteiger partial charge is 0.480 e. The highest BCUT2D eigenvalue weighted by Crippen LogP contribution is 2.06. The van der Waals surface area contributed by atoms with E-state index < -0.39 is 24.1 Å². The number of alkyl halides is 1. The lowest BCUT2D eigenvalue weighted by Gasteiger charge is -2.01. The molecule has 0 fully saturated rings. The van der Waals surface area contributed by atoms with E-state index in [9.17, 15) is 9.59 Å². The van der Waals surface area contributed by atoms with Crippen molar-refractivity contribution in [2.45, 2.75) is 76.3 Å². The minimum atomic E-state index is -1.17. The minimum absolute atomic E-state index is 0.103. The van der Waals surface area contributed by atoms with Gasteiger partial charge in [0.15, 0.2) is 6.10 Å². The fourth-order valence-corrected chi connectivity index (χ4v) is 1.66. The van der Waals surface area contributed by atoms with Crippen LogP contribution in [0.2, 0.25) is 0 Å². The number of rotatable bonds is 9. The lowest BCUT2D eigenvalue weighted by Crippen LogP contribution is -2.18. The standard InChI is InChI=1S/C5H9BrO2.C5H10O3.C5H12O2/c2*1-2-3-4(6)5(7)8;1-2-3-5(7)4-6/h4H,2-3H2,1H3,(H,7,8);4,6H,2-3H2,1H3,(H,7,8);5-7H,2-4H2,1H3. The normalized spacial score (nSPS) is 13.5. The first-order chi connectivity index (χ1) is 10.7. The van der Waals surface area contributed by atoms with Gasteiger partial charge < -0.3 is 25.5 Å². The molecule has 0 aliphatic heterocycles. The summed E-state index contributed by atoms with van der Waals surface area (Å²) in [4.78, 5) is 19.5. The predicted molar refractivity (Wildman–Crippen MR) is 91.8 cm³/mol. The van der Waals surface area contributed by atoms with Gasteiger partial charge in [-0.2, -0.15) is 0 Å². The van der Waals surface area contributed by atoms with Crippen LogP contribution in [0, 0.1) is 0 Å². The van der Waals surface area contributed by atoms with E-state index in [1.165, 1.54) is 0 Å². The van der Waals surface area contributed by atoms with Gasteiger partial charge in [-0.1, -0.05) is 56.0 Å². The summed E-state index contributed by atoms with van der Waals surface area (Å²) in [5.41, 5.74) is 0. The van der Waals surface area contributed by atoms with E-state index in [1.807, 2.05) is 20.8 Å². The highest BCUT2D eigenvalue weighted by atomic mass is 79.9. The second-order valence-electron chi connectivity index (χ2n) is 4.86. The second-order valence-corrected chi connectivity index (χ2v) is 5.97. The fraction of sp³-hybridized carbons (Fsp3) is 0.867. The Labute approximate surface area is 146 Å². The minimum Gasteiger partial charge on any atom is -0.480 e. The molecule has 0 aromatic heterocycles. The van der Waals surface area contributed by atoms with Gasteiger partial charge in [0.05, 0.1) is 12.7 Å². The summed E-state index contributed by atoms with van der Waals surface area (Å²) >= 11 is 3.00. The molecule has 0 saturated carbocycles. The maximum atomic E-state index is 10.0. The van der Waals surface area contributed by atoms with Gasteiger partial charge in [-0.25, -0.2) is 4.79 Å². The highest BCUT2D eigenvalue weighted by Gasteiger charge is 2.10. The summed E-state index contributed by atoms with van der Waals surface area (Å²) < 4.78 is 0. The Morgan fingerprint density at radius 1 is 0.870 bits per heavy atom. The number of halogens is 1. The van der Waals surface area contributed by atoms with Gasteiger partial charge in [-0.3, -0.25) is 4.79 Å². The number of carboxylic acid groups (broad SMARTS) is 2. The number of aliphatic hydroxyl groups is 3. The molecule has 0 aliphatic rings. The number of hydrogen-bond acceptors (Lipinski definition) is 5. The molecule has 0 rings (SSSR count). The van der Waals surface area contributed by atoms with Crippen molar-refractivity contribution in [3.8, 4) is 0 Å². The van der Waals surface area contributed by atoms with Crippen molar-refractivity contribution in [3.05, 3.63) is 0 Å². The Hall–Kier alpha value is -0.700. The Morgan fingerprint density at radius 3 is 1.43 bits per heavy atom. The monoisotopic (exact) mass is 402 g/mol. The topological polar surface area (TPSA) is 135 Å². The van der Waals surface area contributed by atoms with Gasteiger partial charge >= 0.3 is 11.9 Å². The maximum absolute atomic E-state index is 10.0. The molecule has 0 saturated heterocycles. The molecule has 3 atom stereocenters. The summed E-state index contributed by atoms with van der Waals surface area (Å²) in [6.07, 6.45) is 2.63. The van der Waals surface area contributed by atoms with Crippen molar-refractivity contribution in [2.75, 3.05) is 6.61 Å². The Bertz CT molecular complexity index is 265. The van der Waals surface area contributed by atoms with Gasteiger partial charge in [0, 0.05) is 0 Å². The zero-order valence-electron chi connectivity index (χ0n) is 14.1. The zero-order valence-corrected chi connectivity index (χ0v) is 15.7. The fourth-order valence-electron chi connectivity index (χ4n) is 1.20. The number of aliphatic carboxylic acids is 2. The molecule has 23 heavy (non-hydrogen) atoms. The van der Waals surface area contributed by atoms with E-state index in [1.54, 1.807) is 0 Å². The Morgan fingerprint density at radius 2 is 1.30 bits per heavy atom. The average Bonchev–Trinajstić information content (AvgIpc) is 2.49. The van der Waals surface area contributed by atoms with Crippen LogP contribution in [0.25, 0.3) is 0 Å². The summed E-state index contributed by atoms with van der Waals surface area (Å²) in [7, 11) is 0. The van der Waals surface area contributed by atoms with E-state index >= 15 is 0 Å². The van der Waals surface area contributed by atoms with E-state index in [0.717, 1.165) is 12.8 Å². The maximum Gasteiger partial charge on any atom is 0.332 e. The lowest BCUT2D eigenvalue weighted by atomic mass is 10.2. The van der Waals surface area contributed by atoms with Crippen LogP contribution in [0.3, 0.4) is 0 Å². The van der Waals surface area contributed by atoms with Crippen molar-refractivity contribution >= 4 is 27.9 Å². The Balaban J connectivity index is -0.000000262. The van der Waals surface area contributed by atoms with Crippen LogP contribution in [0.5, 0.6) is 0 Å². The van der Waals surface area contributed by atoms with Crippen LogP contribution in [-0.2, 0) is 9.59 Å². The summed E-state index contributed by atoms with van der Waals surface area (Å²) in [6.45, 7) is 5.65. The van der Waals surface area contributed by atoms with Gasteiger partial charge in [0.1, 0.15) is 4.83 Å². The molecule has 0 radical (unpaired) electrons. The first kappa shape index (κ1) is 27.2. The zero-order chi connectivity index (χ0) is 18.8. The summed E-state index contributed by atoms with van der Waals surface area (Å²) in [5, 5.41) is 41.7. The van der Waals surface area contributed by atoms with Crippen LogP contribution < -0.4 is 0 Å². The van der Waals surface area contributed by atoms with E-state index in [2.05, 4.69) is 15.9 Å². The van der Waals surface area contributed by atoms with Crippen molar-refractivity contribution < 1.29 is 35.1 Å². The molecule has 7 nitrogen and oxygen atoms in total. The first-order valence-corrected chi connectivity index (χ1v) is 8.65. The summed E-state index contributed by atoms with van der Waals surface area (Å²) in [6, 6.07) is 0. The van der Waals surface area contributed by atoms with Crippen LogP contribution in [-0.4, -0.2) is 61.1 Å². The van der Waals surface area contributed by atoms with Crippen LogP contribution in [0.1, 0.15) is 59.3 Å². The van der Waals surface area contributed by atoms with Crippen LogP contribution in [0.4, 0.5) is 0 Å². The molecular formula is C15H31BrO7. The second kappa shape index (κ2) is 19.3. The molecule has 3 unspecified atom stereocenters. The molecule has 0 bridgehead atoms. The highest BCUT2D eigenvalue weighted by molar-refractivity contribution is 9.10. The third kappa shape index (κ3) is 23.7. The molecule has 5 N–H and O–H groups in total. The molecule has 0 amide bonds. The van der Waals surface area contributed by atoms with Crippen LogP contribution >= 0.6 is 15.9 Å². The average molecular weight is 403 g/mol. The number of aliphatic hydroxyl groups excluding tert-OH is 3. The molecular weight excluding hydrogens is 372 g/mol. The third-order valence-electron chi connectivity index (χ3n) is 2.49. The Kier molecular flexibility index (Phi) is 22.8. The van der Waals surface area contributed by atoms with E-state index in [-0.39, 0.29) is 11.4 Å². The van der Waals surface area contributed by atoms with Crippen molar-refractivity contribution in [1.82, 2.24) is 0 Å². The van der Waals surface area contributed by atoms with Crippen molar-refractivity contribution in [2.24, 2.45) is 0 Å². The van der Waals surface area contributed by atoms with Gasteiger partial charge in [-0.05, 0) is 19.3 Å². The molecule has 0 aromatic rings. The number of carbonyl (C=O) groups is 2. The molecule has 0 aliphatic carbocycles. The quantitative estimate of drug-likeness (QED) is 0.372. The van der Waals surface area contributed by atoms with E-state index in [0.29, 0.717) is 25.7 Å². The lowest BCUT2D eigenvalue weighted by molar-refractivity contribution is -0.147. The van der Waals surface area contributed by atoms with Crippen molar-refractivity contribution in [3.63, 3.8) is 0 Å². The van der Waals surface area contributed by atoms with Gasteiger partial charge in [-0.15, -0.1) is 0 Å². The number of carboxylic acids is 2. The predicted octanol–water partition coefficient (Wildman–Crippen LogP) is 2.01. The smallest absolute Gasteiger partial charge is 0.332 e. The SMILES string of the molecule is CCCC(Br)C(=O)O.CCCC(O)C(=O)O.CCCC(O)CO. The molecule has 140 valence electrons. The molecule has 0 aromatic carbocycles. The van der Waals surface area contributed by atoms with Crippen molar-refractivity contribution in [1.29, 1.82) is 0 Å². The molecule has 8 heteroatoms. The molecule has 0 heterocycles. The van der Waals surface area contributed by atoms with Gasteiger partial charge in [0.2, 0.25) is 0 Å². The summed E-state index contributed by atoms with van der Waals surface area (Å²) in [5.74, 6) is -1.90. The number of hydrogen-bond donors (Lipinski definition) is 5. The van der Waals surface area contributed by atoms with Gasteiger partial charge in [0.25, 0.3) is 0 Å².